The van der Waals surface area contributed by atoms with Crippen molar-refractivity contribution >= 4 is 28.6 Å². The van der Waals surface area contributed by atoms with Gasteiger partial charge < -0.3 is 15.3 Å². The van der Waals surface area contributed by atoms with E-state index in [4.69, 9.17) is 5.11 Å². The molecule has 18 heavy (non-hydrogen) atoms. The standard InChI is InChI=1S/C10H16N2O5S/c1-6(13)11-7(10(15)16)5-18(17)8-3-4-12(2)9(8)14/h7-8H,3-5H2,1-2H3,(H,11,13)(H,15,16). The van der Waals surface area contributed by atoms with Gasteiger partial charge in [-0.2, -0.15) is 0 Å². The van der Waals surface area contributed by atoms with Crippen LogP contribution in [0.2, 0.25) is 0 Å². The predicted molar refractivity (Wildman–Crippen MR) is 64.3 cm³/mol. The number of carbonyl (C=O) groups excluding carboxylic acids is 2. The number of amides is 2. The first-order chi connectivity index (χ1) is 8.32. The Balaban J connectivity index is 2.64. The number of likely N-dealkylation sites (tertiary alicyclic amines) is 1. The molecule has 0 aromatic heterocycles. The molecule has 2 amide bonds. The Morgan fingerprint density at radius 1 is 1.61 bits per heavy atom. The van der Waals surface area contributed by atoms with Gasteiger partial charge in [-0.1, -0.05) is 0 Å². The molecule has 1 aliphatic rings. The molecule has 0 aliphatic carbocycles. The Morgan fingerprint density at radius 3 is 2.61 bits per heavy atom. The molecule has 1 rings (SSSR count). The summed E-state index contributed by atoms with van der Waals surface area (Å²) in [6.07, 6.45) is 0.453. The van der Waals surface area contributed by atoms with Crippen LogP contribution >= 0.6 is 0 Å². The molecule has 1 heterocycles. The number of carbonyl (C=O) groups is 3. The first-order valence-electron chi connectivity index (χ1n) is 5.45. The lowest BCUT2D eigenvalue weighted by atomic mass is 10.3. The van der Waals surface area contributed by atoms with Crippen molar-refractivity contribution in [1.29, 1.82) is 0 Å². The second-order valence-electron chi connectivity index (χ2n) is 4.18. The molecule has 1 fully saturated rings. The first kappa shape index (κ1) is 14.6. The van der Waals surface area contributed by atoms with Crippen LogP contribution in [0.4, 0.5) is 0 Å². The Labute approximate surface area is 107 Å². The molecule has 7 nitrogen and oxygen atoms in total. The molecule has 0 radical (unpaired) electrons. The van der Waals surface area contributed by atoms with Crippen molar-refractivity contribution in [1.82, 2.24) is 10.2 Å². The number of nitrogens with one attached hydrogen (secondary N) is 1. The van der Waals surface area contributed by atoms with Crippen LogP contribution in [0.3, 0.4) is 0 Å². The monoisotopic (exact) mass is 276 g/mol. The van der Waals surface area contributed by atoms with Crippen molar-refractivity contribution in [3.8, 4) is 0 Å². The van der Waals surface area contributed by atoms with E-state index in [0.717, 1.165) is 0 Å². The highest BCUT2D eigenvalue weighted by molar-refractivity contribution is 7.86. The second-order valence-corrected chi connectivity index (χ2v) is 5.84. The lowest BCUT2D eigenvalue weighted by Crippen LogP contribution is -2.45. The van der Waals surface area contributed by atoms with Gasteiger partial charge in [-0.3, -0.25) is 13.8 Å². The van der Waals surface area contributed by atoms with E-state index in [1.54, 1.807) is 7.05 Å². The summed E-state index contributed by atoms with van der Waals surface area (Å²) in [6, 6.07) is -1.22. The minimum Gasteiger partial charge on any atom is -0.480 e. The van der Waals surface area contributed by atoms with Crippen LogP contribution in [0.15, 0.2) is 0 Å². The fourth-order valence-electron chi connectivity index (χ4n) is 1.73. The SMILES string of the molecule is CC(=O)NC(CS(=O)C1CCN(C)C1=O)C(=O)O. The number of nitrogens with zero attached hydrogens (tertiary/aromatic N) is 1. The van der Waals surface area contributed by atoms with Crippen molar-refractivity contribution in [2.24, 2.45) is 0 Å². The van der Waals surface area contributed by atoms with E-state index in [0.29, 0.717) is 13.0 Å². The zero-order valence-corrected chi connectivity index (χ0v) is 11.0. The van der Waals surface area contributed by atoms with E-state index in [1.807, 2.05) is 0 Å². The maximum Gasteiger partial charge on any atom is 0.327 e. The zero-order chi connectivity index (χ0) is 13.9. The summed E-state index contributed by atoms with van der Waals surface area (Å²) < 4.78 is 11.9. The van der Waals surface area contributed by atoms with Gasteiger partial charge in [0.2, 0.25) is 11.8 Å². The Hall–Kier alpha value is -1.44. The summed E-state index contributed by atoms with van der Waals surface area (Å²) in [5.41, 5.74) is 0. The number of hydrogen-bond donors (Lipinski definition) is 2. The quantitative estimate of drug-likeness (QED) is 0.639. The number of hydrogen-bond acceptors (Lipinski definition) is 4. The lowest BCUT2D eigenvalue weighted by molar-refractivity contribution is -0.140. The Bertz CT molecular complexity index is 398. The number of carboxylic acids is 1. The summed E-state index contributed by atoms with van der Waals surface area (Å²) in [5, 5.41) is 10.4. The zero-order valence-electron chi connectivity index (χ0n) is 10.2. The van der Waals surface area contributed by atoms with Crippen LogP contribution in [-0.4, -0.2) is 62.6 Å². The topological polar surface area (TPSA) is 104 Å². The second kappa shape index (κ2) is 5.94. The molecule has 102 valence electrons. The van der Waals surface area contributed by atoms with Crippen molar-refractivity contribution in [3.05, 3.63) is 0 Å². The minimum absolute atomic E-state index is 0.236. The van der Waals surface area contributed by atoms with Gasteiger partial charge in [0.25, 0.3) is 0 Å². The molecular formula is C10H16N2O5S. The van der Waals surface area contributed by atoms with E-state index in [9.17, 15) is 18.6 Å². The van der Waals surface area contributed by atoms with Crippen LogP contribution < -0.4 is 5.32 Å². The van der Waals surface area contributed by atoms with Crippen LogP contribution in [-0.2, 0) is 25.2 Å². The molecule has 8 heteroatoms. The molecule has 0 saturated carbocycles. The van der Waals surface area contributed by atoms with E-state index >= 15 is 0 Å². The molecule has 0 bridgehead atoms. The third kappa shape index (κ3) is 3.52. The summed E-state index contributed by atoms with van der Waals surface area (Å²) in [5.74, 6) is -2.24. The average Bonchev–Trinajstić information content (AvgIpc) is 2.58. The molecule has 0 spiro atoms. The van der Waals surface area contributed by atoms with Gasteiger partial charge in [-0.05, 0) is 6.42 Å². The largest absolute Gasteiger partial charge is 0.480 e. The third-order valence-corrected chi connectivity index (χ3v) is 4.44. The maximum atomic E-state index is 11.9. The Kier molecular flexibility index (Phi) is 4.83. The van der Waals surface area contributed by atoms with Gasteiger partial charge in [0, 0.05) is 31.3 Å². The Morgan fingerprint density at radius 2 is 2.22 bits per heavy atom. The molecule has 3 atom stereocenters. The van der Waals surface area contributed by atoms with E-state index in [-0.39, 0.29) is 11.7 Å². The van der Waals surface area contributed by atoms with Crippen molar-refractivity contribution in [2.45, 2.75) is 24.6 Å². The van der Waals surface area contributed by atoms with Crippen LogP contribution in [0, 0.1) is 0 Å². The van der Waals surface area contributed by atoms with E-state index in [1.165, 1.54) is 11.8 Å². The smallest absolute Gasteiger partial charge is 0.327 e. The highest BCUT2D eigenvalue weighted by Gasteiger charge is 2.36. The molecule has 1 aliphatic heterocycles. The third-order valence-electron chi connectivity index (χ3n) is 2.70. The van der Waals surface area contributed by atoms with Gasteiger partial charge >= 0.3 is 5.97 Å². The first-order valence-corrected chi connectivity index (χ1v) is 6.83. The van der Waals surface area contributed by atoms with Gasteiger partial charge in [0.1, 0.15) is 11.3 Å². The van der Waals surface area contributed by atoms with Crippen LogP contribution in [0.5, 0.6) is 0 Å². The van der Waals surface area contributed by atoms with Gasteiger partial charge in [0.05, 0.1) is 5.75 Å². The molecule has 0 aromatic rings. The summed E-state index contributed by atoms with van der Waals surface area (Å²) in [7, 11) is 0.0132. The molecule has 3 unspecified atom stereocenters. The fourth-order valence-corrected chi connectivity index (χ4v) is 3.29. The highest BCUT2D eigenvalue weighted by atomic mass is 32.2. The number of carboxylic acid groups (broad SMARTS) is 1. The molecule has 2 N–H and O–H groups in total. The number of rotatable bonds is 5. The van der Waals surface area contributed by atoms with Gasteiger partial charge in [0.15, 0.2) is 0 Å². The maximum absolute atomic E-state index is 11.9. The molecule has 0 aromatic carbocycles. The predicted octanol–water partition coefficient (Wildman–Crippen LogP) is -1.44. The summed E-state index contributed by atoms with van der Waals surface area (Å²) >= 11 is 0. The van der Waals surface area contributed by atoms with Crippen LogP contribution in [0.1, 0.15) is 13.3 Å². The van der Waals surface area contributed by atoms with Crippen LogP contribution in [0.25, 0.3) is 0 Å². The number of aliphatic carboxylic acids is 1. The molecule has 1 saturated heterocycles. The van der Waals surface area contributed by atoms with Gasteiger partial charge in [-0.15, -0.1) is 0 Å². The average molecular weight is 276 g/mol. The summed E-state index contributed by atoms with van der Waals surface area (Å²) in [4.78, 5) is 34.8. The van der Waals surface area contributed by atoms with E-state index in [2.05, 4.69) is 5.32 Å². The fraction of sp³-hybridized carbons (Fsp3) is 0.700. The molecular weight excluding hydrogens is 260 g/mol. The lowest BCUT2D eigenvalue weighted by Gasteiger charge is -2.15. The van der Waals surface area contributed by atoms with Crippen molar-refractivity contribution < 1.29 is 23.7 Å². The van der Waals surface area contributed by atoms with E-state index < -0.39 is 34.0 Å². The highest BCUT2D eigenvalue weighted by Crippen LogP contribution is 2.15. The van der Waals surface area contributed by atoms with Crippen molar-refractivity contribution in [3.63, 3.8) is 0 Å². The van der Waals surface area contributed by atoms with Gasteiger partial charge in [-0.25, -0.2) is 4.79 Å². The normalized spacial score (nSPS) is 22.7. The minimum atomic E-state index is -1.60. The summed E-state index contributed by atoms with van der Waals surface area (Å²) in [6.45, 7) is 1.71. The van der Waals surface area contributed by atoms with Crippen molar-refractivity contribution in [2.75, 3.05) is 19.3 Å².